The zero-order valence-electron chi connectivity index (χ0n) is 12.4. The van der Waals surface area contributed by atoms with E-state index in [-0.39, 0.29) is 11.2 Å². The third kappa shape index (κ3) is 3.25. The molecule has 1 saturated heterocycles. The Morgan fingerprint density at radius 2 is 1.50 bits per heavy atom. The second-order valence-electron chi connectivity index (χ2n) is 7.20. The molecule has 2 rings (SSSR count). The molecule has 1 aliphatic carbocycles. The van der Waals surface area contributed by atoms with Crippen LogP contribution in [0, 0.1) is 11.3 Å². The molecule has 0 unspecified atom stereocenters. The fourth-order valence-electron chi connectivity index (χ4n) is 3.59. The monoisotopic (exact) mass is 252 g/mol. The molecule has 2 aliphatic rings. The van der Waals surface area contributed by atoms with E-state index in [1.54, 1.807) is 0 Å². The van der Waals surface area contributed by atoms with Gasteiger partial charge in [-0.05, 0) is 40.5 Å². The summed E-state index contributed by atoms with van der Waals surface area (Å²) in [5, 5.41) is 8.50. The Kier molecular flexibility index (Phi) is 3.72. The van der Waals surface area contributed by atoms with Crippen molar-refractivity contribution >= 4 is 5.84 Å². The minimum Gasteiger partial charge on any atom is -0.366 e. The molecule has 2 fully saturated rings. The van der Waals surface area contributed by atoms with E-state index in [1.165, 1.54) is 32.1 Å². The molecule has 0 aromatic carbocycles. The van der Waals surface area contributed by atoms with Crippen molar-refractivity contribution in [2.45, 2.75) is 71.0 Å². The Balaban J connectivity index is 2.05. The number of hydrogen-bond donors (Lipinski definition) is 1. The first-order valence-electron chi connectivity index (χ1n) is 7.33. The Hall–Kier alpha value is -0.570. The number of amidine groups is 1. The van der Waals surface area contributed by atoms with Crippen molar-refractivity contribution in [3.05, 3.63) is 0 Å². The highest BCUT2D eigenvalue weighted by molar-refractivity contribution is 5.82. The van der Waals surface area contributed by atoms with Crippen molar-refractivity contribution in [3.63, 3.8) is 0 Å². The van der Waals surface area contributed by atoms with Crippen LogP contribution in [0.5, 0.6) is 0 Å². The third-order valence-corrected chi connectivity index (χ3v) is 4.03. The van der Waals surface area contributed by atoms with E-state index in [4.69, 9.17) is 10.1 Å². The van der Waals surface area contributed by atoms with Gasteiger partial charge in [-0.3, -0.25) is 5.41 Å². The first kappa shape index (κ1) is 13.9. The predicted molar refractivity (Wildman–Crippen MR) is 75.1 cm³/mol. The number of morpholine rings is 1. The summed E-state index contributed by atoms with van der Waals surface area (Å²) in [5.41, 5.74) is -0.300. The van der Waals surface area contributed by atoms with Gasteiger partial charge in [0.05, 0.1) is 17.0 Å². The van der Waals surface area contributed by atoms with Gasteiger partial charge in [0, 0.05) is 19.0 Å². The summed E-state index contributed by atoms with van der Waals surface area (Å²) in [4.78, 5) is 2.26. The van der Waals surface area contributed by atoms with Gasteiger partial charge in [0.2, 0.25) is 0 Å². The fraction of sp³-hybridized carbons (Fsp3) is 0.933. The second-order valence-corrected chi connectivity index (χ2v) is 7.20. The summed E-state index contributed by atoms with van der Waals surface area (Å²) in [7, 11) is 0. The summed E-state index contributed by atoms with van der Waals surface area (Å²) >= 11 is 0. The standard InChI is InChI=1S/C15H28N2O/c1-14(2)10-17(11-15(3,4)18-14)13(16)12-8-6-5-7-9-12/h12,16H,5-11H2,1-4H3. The summed E-state index contributed by atoms with van der Waals surface area (Å²) in [6, 6.07) is 0. The van der Waals surface area contributed by atoms with Gasteiger partial charge in [-0.15, -0.1) is 0 Å². The van der Waals surface area contributed by atoms with Gasteiger partial charge in [0.1, 0.15) is 0 Å². The molecule has 1 N–H and O–H groups in total. The van der Waals surface area contributed by atoms with Gasteiger partial charge in [0.15, 0.2) is 0 Å². The lowest BCUT2D eigenvalue weighted by Gasteiger charge is -2.49. The lowest BCUT2D eigenvalue weighted by Crippen LogP contribution is -2.59. The van der Waals surface area contributed by atoms with E-state index in [9.17, 15) is 0 Å². The third-order valence-electron chi connectivity index (χ3n) is 4.03. The predicted octanol–water partition coefficient (Wildman–Crippen LogP) is 3.43. The largest absolute Gasteiger partial charge is 0.366 e. The van der Waals surface area contributed by atoms with Crippen LogP contribution in [0.25, 0.3) is 0 Å². The van der Waals surface area contributed by atoms with E-state index in [0.29, 0.717) is 5.92 Å². The number of rotatable bonds is 1. The molecule has 0 spiro atoms. The van der Waals surface area contributed by atoms with Gasteiger partial charge in [-0.1, -0.05) is 19.3 Å². The van der Waals surface area contributed by atoms with E-state index >= 15 is 0 Å². The SMILES string of the molecule is CC1(C)CN(C(=N)C2CCCCC2)CC(C)(C)O1. The Morgan fingerprint density at radius 3 is 2.00 bits per heavy atom. The molecule has 0 amide bonds. The number of ether oxygens (including phenoxy) is 1. The Labute approximate surface area is 111 Å². The minimum absolute atomic E-state index is 0.150. The zero-order valence-corrected chi connectivity index (χ0v) is 12.4. The maximum Gasteiger partial charge on any atom is 0.0991 e. The van der Waals surface area contributed by atoms with Crippen LogP contribution in [0.3, 0.4) is 0 Å². The molecular weight excluding hydrogens is 224 g/mol. The number of nitrogens with zero attached hydrogens (tertiary/aromatic N) is 1. The molecule has 1 heterocycles. The van der Waals surface area contributed by atoms with Crippen LogP contribution in [0.1, 0.15) is 59.8 Å². The van der Waals surface area contributed by atoms with Gasteiger partial charge < -0.3 is 9.64 Å². The highest BCUT2D eigenvalue weighted by Crippen LogP contribution is 2.32. The Bertz CT molecular complexity index is 300. The normalized spacial score (nSPS) is 28.1. The van der Waals surface area contributed by atoms with Crippen LogP contribution in [0.4, 0.5) is 0 Å². The van der Waals surface area contributed by atoms with Crippen LogP contribution < -0.4 is 0 Å². The van der Waals surface area contributed by atoms with Crippen molar-refractivity contribution < 1.29 is 4.74 Å². The first-order valence-corrected chi connectivity index (χ1v) is 7.33. The van der Waals surface area contributed by atoms with E-state index < -0.39 is 0 Å². The van der Waals surface area contributed by atoms with Crippen molar-refractivity contribution in [1.29, 1.82) is 5.41 Å². The smallest absolute Gasteiger partial charge is 0.0991 e. The molecule has 0 aromatic rings. The maximum absolute atomic E-state index is 8.50. The highest BCUT2D eigenvalue weighted by Gasteiger charge is 2.40. The van der Waals surface area contributed by atoms with Crippen molar-refractivity contribution in [3.8, 4) is 0 Å². The zero-order chi connectivity index (χ0) is 13.4. The fourth-order valence-corrected chi connectivity index (χ4v) is 3.59. The number of nitrogens with one attached hydrogen (secondary N) is 1. The van der Waals surface area contributed by atoms with Crippen LogP contribution in [0.15, 0.2) is 0 Å². The van der Waals surface area contributed by atoms with Gasteiger partial charge in [-0.25, -0.2) is 0 Å². The van der Waals surface area contributed by atoms with Gasteiger partial charge in [-0.2, -0.15) is 0 Å². The van der Waals surface area contributed by atoms with E-state index in [0.717, 1.165) is 18.9 Å². The average Bonchev–Trinajstić information content (AvgIpc) is 2.25. The van der Waals surface area contributed by atoms with E-state index in [2.05, 4.69) is 32.6 Å². The van der Waals surface area contributed by atoms with Gasteiger partial charge >= 0.3 is 0 Å². The molecule has 1 saturated carbocycles. The minimum atomic E-state index is -0.150. The summed E-state index contributed by atoms with van der Waals surface area (Å²) in [5.74, 6) is 1.35. The van der Waals surface area contributed by atoms with Gasteiger partial charge in [0.25, 0.3) is 0 Å². The van der Waals surface area contributed by atoms with Crippen LogP contribution in [0.2, 0.25) is 0 Å². The van der Waals surface area contributed by atoms with Crippen LogP contribution in [-0.2, 0) is 4.74 Å². The number of hydrogen-bond acceptors (Lipinski definition) is 2. The topological polar surface area (TPSA) is 36.3 Å². The van der Waals surface area contributed by atoms with Crippen molar-refractivity contribution in [1.82, 2.24) is 4.90 Å². The molecule has 0 bridgehead atoms. The molecule has 0 aromatic heterocycles. The van der Waals surface area contributed by atoms with Crippen LogP contribution >= 0.6 is 0 Å². The molecule has 3 heteroatoms. The summed E-state index contributed by atoms with van der Waals surface area (Å²) in [6.45, 7) is 10.2. The molecular formula is C15H28N2O. The molecule has 3 nitrogen and oxygen atoms in total. The van der Waals surface area contributed by atoms with Crippen LogP contribution in [-0.4, -0.2) is 35.0 Å². The molecule has 18 heavy (non-hydrogen) atoms. The first-order chi connectivity index (χ1) is 8.29. The second kappa shape index (κ2) is 4.84. The quantitative estimate of drug-likeness (QED) is 0.573. The van der Waals surface area contributed by atoms with Crippen molar-refractivity contribution in [2.75, 3.05) is 13.1 Å². The van der Waals surface area contributed by atoms with Crippen molar-refractivity contribution in [2.24, 2.45) is 5.92 Å². The lowest BCUT2D eigenvalue weighted by molar-refractivity contribution is -0.167. The highest BCUT2D eigenvalue weighted by atomic mass is 16.5. The molecule has 1 aliphatic heterocycles. The molecule has 0 atom stereocenters. The summed E-state index contributed by atoms with van der Waals surface area (Å²) in [6.07, 6.45) is 6.35. The van der Waals surface area contributed by atoms with E-state index in [1.807, 2.05) is 0 Å². The Morgan fingerprint density at radius 1 is 1.00 bits per heavy atom. The molecule has 104 valence electrons. The summed E-state index contributed by atoms with van der Waals surface area (Å²) < 4.78 is 6.09. The lowest BCUT2D eigenvalue weighted by atomic mass is 9.87. The molecule has 0 radical (unpaired) electrons. The maximum atomic E-state index is 8.50. The average molecular weight is 252 g/mol.